The smallest absolute Gasteiger partial charge is 0.262 e. The van der Waals surface area contributed by atoms with E-state index in [1.54, 1.807) is 25.1 Å². The fourth-order valence-electron chi connectivity index (χ4n) is 4.44. The van der Waals surface area contributed by atoms with Crippen LogP contribution in [0.4, 0.5) is 5.69 Å². The highest BCUT2D eigenvalue weighted by molar-refractivity contribution is 6.01. The van der Waals surface area contributed by atoms with Gasteiger partial charge in [-0.25, -0.2) is 4.98 Å². The lowest BCUT2D eigenvalue weighted by Gasteiger charge is -2.24. The topological polar surface area (TPSA) is 122 Å². The number of carbonyl (C=O) groups excluding carboxylic acids is 3. The summed E-state index contributed by atoms with van der Waals surface area (Å²) in [5.74, 6) is -0.0102. The molecule has 0 saturated carbocycles. The molecule has 0 bridgehead atoms. The van der Waals surface area contributed by atoms with E-state index in [0.717, 1.165) is 32.4 Å². The fourth-order valence-corrected chi connectivity index (χ4v) is 4.44. The van der Waals surface area contributed by atoms with Crippen LogP contribution in [0.3, 0.4) is 0 Å². The first kappa shape index (κ1) is 21.2. The minimum atomic E-state index is -0.773. The second-order valence-electron chi connectivity index (χ2n) is 8.28. The van der Waals surface area contributed by atoms with Gasteiger partial charge < -0.3 is 10.6 Å². The summed E-state index contributed by atoms with van der Waals surface area (Å²) in [7, 11) is 0. The first-order valence-electron chi connectivity index (χ1n) is 10.8. The molecule has 2 aliphatic heterocycles. The molecular weight excluding hydrogens is 398 g/mol. The van der Waals surface area contributed by atoms with Gasteiger partial charge in [0, 0.05) is 12.8 Å². The SMILES string of the molecule is Cc1nc2c(NC(=O)CCC3CCNCC3)cccc2c(=O)n1C1CCC(=O)NC1=O. The Kier molecular flexibility index (Phi) is 6.13. The number of imide groups is 1. The van der Waals surface area contributed by atoms with Crippen molar-refractivity contribution < 1.29 is 14.4 Å². The molecule has 1 aromatic carbocycles. The van der Waals surface area contributed by atoms with Crippen molar-refractivity contribution in [1.29, 1.82) is 0 Å². The summed E-state index contributed by atoms with van der Waals surface area (Å²) in [5.41, 5.74) is 0.537. The van der Waals surface area contributed by atoms with Gasteiger partial charge in [-0.1, -0.05) is 6.07 Å². The van der Waals surface area contributed by atoms with E-state index < -0.39 is 11.9 Å². The van der Waals surface area contributed by atoms with Crippen molar-refractivity contribution in [1.82, 2.24) is 20.2 Å². The molecule has 9 heteroatoms. The van der Waals surface area contributed by atoms with Crippen LogP contribution >= 0.6 is 0 Å². The Morgan fingerprint density at radius 1 is 1.19 bits per heavy atom. The number of anilines is 1. The molecular formula is C22H27N5O4. The zero-order valence-corrected chi connectivity index (χ0v) is 17.6. The number of carbonyl (C=O) groups is 3. The lowest BCUT2D eigenvalue weighted by atomic mass is 9.93. The second-order valence-corrected chi connectivity index (χ2v) is 8.28. The molecule has 3 N–H and O–H groups in total. The number of aryl methyl sites for hydroxylation is 1. The van der Waals surface area contributed by atoms with Crippen LogP contribution in [0.15, 0.2) is 23.0 Å². The number of piperidine rings is 2. The number of fused-ring (bicyclic) bond motifs is 1. The first-order chi connectivity index (χ1) is 14.9. The van der Waals surface area contributed by atoms with Crippen molar-refractivity contribution in [3.05, 3.63) is 34.4 Å². The van der Waals surface area contributed by atoms with Gasteiger partial charge in [-0.15, -0.1) is 0 Å². The van der Waals surface area contributed by atoms with Gasteiger partial charge in [-0.2, -0.15) is 0 Å². The predicted molar refractivity (Wildman–Crippen MR) is 116 cm³/mol. The second kappa shape index (κ2) is 8.97. The number of aromatic nitrogens is 2. The molecule has 2 saturated heterocycles. The van der Waals surface area contributed by atoms with Gasteiger partial charge in [0.1, 0.15) is 17.4 Å². The average molecular weight is 425 g/mol. The summed E-state index contributed by atoms with van der Waals surface area (Å²) in [5, 5.41) is 8.84. The summed E-state index contributed by atoms with van der Waals surface area (Å²) in [6.07, 6.45) is 3.87. The van der Waals surface area contributed by atoms with E-state index in [0.29, 0.717) is 34.8 Å². The molecule has 1 unspecified atom stereocenters. The number of benzene rings is 1. The highest BCUT2D eigenvalue weighted by Gasteiger charge is 2.30. The monoisotopic (exact) mass is 425 g/mol. The molecule has 1 atom stereocenters. The number of para-hydroxylation sites is 1. The number of rotatable bonds is 5. The standard InChI is InChI=1S/C22H27N5O4/c1-13-24-20-15(22(31)27(13)17-6-8-19(29)26-21(17)30)3-2-4-16(20)25-18(28)7-5-14-9-11-23-12-10-14/h2-4,14,17,23H,5-12H2,1H3,(H,25,28)(H,26,29,30). The van der Waals surface area contributed by atoms with Crippen LogP contribution in [0.1, 0.15) is 50.4 Å². The van der Waals surface area contributed by atoms with Crippen LogP contribution < -0.4 is 21.5 Å². The summed E-state index contributed by atoms with van der Waals surface area (Å²) in [6.45, 7) is 3.65. The maximum absolute atomic E-state index is 13.2. The Labute approximate surface area is 179 Å². The average Bonchev–Trinajstić information content (AvgIpc) is 2.75. The Bertz CT molecular complexity index is 1090. The van der Waals surface area contributed by atoms with Crippen LogP contribution in [0, 0.1) is 12.8 Å². The van der Waals surface area contributed by atoms with Gasteiger partial charge in [-0.3, -0.25) is 29.1 Å². The molecule has 9 nitrogen and oxygen atoms in total. The summed E-state index contributed by atoms with van der Waals surface area (Å²) in [6, 6.07) is 4.28. The number of hydrogen-bond donors (Lipinski definition) is 3. The highest BCUT2D eigenvalue weighted by Crippen LogP contribution is 2.24. The molecule has 2 aliphatic rings. The fraction of sp³-hybridized carbons (Fsp3) is 0.500. The minimum absolute atomic E-state index is 0.0974. The van der Waals surface area contributed by atoms with E-state index in [9.17, 15) is 19.2 Å². The van der Waals surface area contributed by atoms with Crippen LogP contribution in [-0.2, 0) is 14.4 Å². The van der Waals surface area contributed by atoms with E-state index in [4.69, 9.17) is 0 Å². The van der Waals surface area contributed by atoms with Gasteiger partial charge in [0.2, 0.25) is 17.7 Å². The number of nitrogens with zero attached hydrogens (tertiary/aromatic N) is 2. The lowest BCUT2D eigenvalue weighted by Crippen LogP contribution is -2.45. The Morgan fingerprint density at radius 2 is 1.97 bits per heavy atom. The third-order valence-electron chi connectivity index (χ3n) is 6.14. The van der Waals surface area contributed by atoms with Gasteiger partial charge in [-0.05, 0) is 63.7 Å². The Balaban J connectivity index is 1.57. The van der Waals surface area contributed by atoms with Crippen molar-refractivity contribution in [2.24, 2.45) is 5.92 Å². The molecule has 2 aromatic rings. The normalized spacial score (nSPS) is 20.0. The molecule has 3 amide bonds. The molecule has 4 rings (SSSR count). The van der Waals surface area contributed by atoms with Crippen LogP contribution in [0.5, 0.6) is 0 Å². The maximum Gasteiger partial charge on any atom is 0.262 e. The molecule has 31 heavy (non-hydrogen) atoms. The third kappa shape index (κ3) is 4.51. The van der Waals surface area contributed by atoms with Crippen LogP contribution in [0.2, 0.25) is 0 Å². The molecule has 2 fully saturated rings. The quantitative estimate of drug-likeness (QED) is 0.623. The molecule has 0 aliphatic carbocycles. The third-order valence-corrected chi connectivity index (χ3v) is 6.14. The molecule has 3 heterocycles. The Hall–Kier alpha value is -3.07. The number of nitrogens with one attached hydrogen (secondary N) is 3. The zero-order valence-electron chi connectivity index (χ0n) is 17.6. The number of amides is 3. The first-order valence-corrected chi connectivity index (χ1v) is 10.8. The zero-order chi connectivity index (χ0) is 22.0. The van der Waals surface area contributed by atoms with E-state index in [1.165, 1.54) is 4.57 Å². The van der Waals surface area contributed by atoms with Gasteiger partial charge in [0.25, 0.3) is 5.56 Å². The van der Waals surface area contributed by atoms with Crippen molar-refractivity contribution in [2.75, 3.05) is 18.4 Å². The largest absolute Gasteiger partial charge is 0.324 e. The lowest BCUT2D eigenvalue weighted by molar-refractivity contribution is -0.135. The number of hydrogen-bond acceptors (Lipinski definition) is 6. The molecule has 164 valence electrons. The van der Waals surface area contributed by atoms with Crippen LogP contribution in [-0.4, -0.2) is 40.4 Å². The Morgan fingerprint density at radius 3 is 2.71 bits per heavy atom. The minimum Gasteiger partial charge on any atom is -0.324 e. The molecule has 1 aromatic heterocycles. The summed E-state index contributed by atoms with van der Waals surface area (Å²) < 4.78 is 1.34. The molecule has 0 spiro atoms. The van der Waals surface area contributed by atoms with Gasteiger partial charge >= 0.3 is 0 Å². The molecule has 0 radical (unpaired) electrons. The summed E-state index contributed by atoms with van der Waals surface area (Å²) >= 11 is 0. The highest BCUT2D eigenvalue weighted by atomic mass is 16.2. The van der Waals surface area contributed by atoms with Crippen molar-refractivity contribution in [3.8, 4) is 0 Å². The van der Waals surface area contributed by atoms with Crippen molar-refractivity contribution in [2.45, 2.75) is 51.5 Å². The predicted octanol–water partition coefficient (Wildman–Crippen LogP) is 1.40. The van der Waals surface area contributed by atoms with E-state index in [-0.39, 0.29) is 30.2 Å². The van der Waals surface area contributed by atoms with Crippen molar-refractivity contribution in [3.63, 3.8) is 0 Å². The van der Waals surface area contributed by atoms with Crippen LogP contribution in [0.25, 0.3) is 10.9 Å². The maximum atomic E-state index is 13.2. The van der Waals surface area contributed by atoms with E-state index in [1.807, 2.05) is 0 Å². The van der Waals surface area contributed by atoms with E-state index in [2.05, 4.69) is 20.9 Å². The van der Waals surface area contributed by atoms with Gasteiger partial charge in [0.15, 0.2) is 0 Å². The summed E-state index contributed by atoms with van der Waals surface area (Å²) in [4.78, 5) is 54.0. The van der Waals surface area contributed by atoms with Gasteiger partial charge in [0.05, 0.1) is 11.1 Å². The van der Waals surface area contributed by atoms with E-state index >= 15 is 0 Å². The van der Waals surface area contributed by atoms with Crippen molar-refractivity contribution >= 4 is 34.3 Å².